The van der Waals surface area contributed by atoms with Crippen molar-refractivity contribution in [2.24, 2.45) is 0 Å². The van der Waals surface area contributed by atoms with E-state index < -0.39 is 17.9 Å². The molecule has 108 valence electrons. The van der Waals surface area contributed by atoms with E-state index >= 15 is 0 Å². The number of allylic oxidation sites excluding steroid dienone is 1. The summed E-state index contributed by atoms with van der Waals surface area (Å²) in [6, 6.07) is 5.48. The molecular formula is C14H16O6. The first-order valence-electron chi connectivity index (χ1n) is 5.78. The molecule has 0 aliphatic rings. The van der Waals surface area contributed by atoms with Gasteiger partial charge in [-0.3, -0.25) is 4.79 Å². The average molecular weight is 280 g/mol. The molecule has 0 aromatic heterocycles. The molecule has 3 N–H and O–H groups in total. The largest absolute Gasteiger partial charge is 0.481 e. The standard InChI is InChI=1S/C8H6O4.C6H10O2/c9-7(10)5-3-1-2-4-6(5)8(11)12;1-2-3-4-5-6(7)8/h1-4H,(H,9,10)(H,11,12);2H,1,3-5H2,(H,7,8). The lowest BCUT2D eigenvalue weighted by Gasteiger charge is -1.98. The Morgan fingerprint density at radius 1 is 1.00 bits per heavy atom. The molecule has 0 radical (unpaired) electrons. The maximum Gasteiger partial charge on any atom is 0.336 e. The minimum Gasteiger partial charge on any atom is -0.481 e. The highest BCUT2D eigenvalue weighted by Crippen LogP contribution is 2.07. The van der Waals surface area contributed by atoms with Gasteiger partial charge in [-0.1, -0.05) is 18.2 Å². The van der Waals surface area contributed by atoms with Crippen molar-refractivity contribution in [2.75, 3.05) is 0 Å². The summed E-state index contributed by atoms with van der Waals surface area (Å²) in [6.07, 6.45) is 3.49. The summed E-state index contributed by atoms with van der Waals surface area (Å²) in [7, 11) is 0. The van der Waals surface area contributed by atoms with Gasteiger partial charge in [-0.15, -0.1) is 6.58 Å². The van der Waals surface area contributed by atoms with Gasteiger partial charge in [-0.25, -0.2) is 9.59 Å². The van der Waals surface area contributed by atoms with E-state index in [1.54, 1.807) is 6.08 Å². The molecule has 1 aromatic rings. The van der Waals surface area contributed by atoms with Gasteiger partial charge in [0.15, 0.2) is 0 Å². The Morgan fingerprint density at radius 3 is 1.75 bits per heavy atom. The third-order valence-corrected chi connectivity index (χ3v) is 2.19. The number of benzene rings is 1. The maximum atomic E-state index is 10.5. The van der Waals surface area contributed by atoms with Crippen molar-refractivity contribution in [1.29, 1.82) is 0 Å². The zero-order chi connectivity index (χ0) is 15.5. The van der Waals surface area contributed by atoms with Crippen LogP contribution in [-0.2, 0) is 4.79 Å². The lowest BCUT2D eigenvalue weighted by molar-refractivity contribution is -0.137. The van der Waals surface area contributed by atoms with Crippen LogP contribution in [0.15, 0.2) is 36.9 Å². The van der Waals surface area contributed by atoms with Crippen LogP contribution in [0.1, 0.15) is 40.0 Å². The van der Waals surface area contributed by atoms with Crippen molar-refractivity contribution >= 4 is 17.9 Å². The second kappa shape index (κ2) is 9.32. The molecule has 20 heavy (non-hydrogen) atoms. The molecule has 0 saturated carbocycles. The maximum absolute atomic E-state index is 10.5. The minimum absolute atomic E-state index is 0.190. The van der Waals surface area contributed by atoms with E-state index in [0.29, 0.717) is 6.42 Å². The zero-order valence-electron chi connectivity index (χ0n) is 10.8. The summed E-state index contributed by atoms with van der Waals surface area (Å²) in [5.41, 5.74) is -0.380. The summed E-state index contributed by atoms with van der Waals surface area (Å²) in [6.45, 7) is 3.46. The number of carbonyl (C=O) groups is 3. The van der Waals surface area contributed by atoms with E-state index in [1.807, 2.05) is 0 Å². The molecule has 0 spiro atoms. The average Bonchev–Trinajstić information content (AvgIpc) is 2.39. The molecule has 0 unspecified atom stereocenters. The van der Waals surface area contributed by atoms with Crippen molar-refractivity contribution in [3.63, 3.8) is 0 Å². The Morgan fingerprint density at radius 2 is 1.45 bits per heavy atom. The first kappa shape index (κ1) is 17.4. The lowest BCUT2D eigenvalue weighted by Crippen LogP contribution is -2.06. The fraction of sp³-hybridized carbons (Fsp3) is 0.214. The smallest absolute Gasteiger partial charge is 0.336 e. The van der Waals surface area contributed by atoms with E-state index in [2.05, 4.69) is 6.58 Å². The third kappa shape index (κ3) is 6.95. The summed E-state index contributed by atoms with van der Waals surface area (Å²) in [5, 5.41) is 25.2. The number of carboxylic acid groups (broad SMARTS) is 3. The van der Waals surface area contributed by atoms with E-state index in [9.17, 15) is 14.4 Å². The second-order valence-corrected chi connectivity index (χ2v) is 3.73. The molecule has 0 aliphatic carbocycles. The van der Waals surface area contributed by atoms with E-state index in [-0.39, 0.29) is 17.5 Å². The van der Waals surface area contributed by atoms with Crippen LogP contribution in [0, 0.1) is 0 Å². The zero-order valence-corrected chi connectivity index (χ0v) is 10.8. The van der Waals surface area contributed by atoms with Crippen molar-refractivity contribution < 1.29 is 29.7 Å². The summed E-state index contributed by atoms with van der Waals surface area (Å²) >= 11 is 0. The SMILES string of the molecule is C=CCCCC(=O)O.O=C(O)c1ccccc1C(=O)O. The van der Waals surface area contributed by atoms with Gasteiger partial charge in [0.25, 0.3) is 0 Å². The fourth-order valence-electron chi connectivity index (χ4n) is 1.25. The van der Waals surface area contributed by atoms with Gasteiger partial charge < -0.3 is 15.3 Å². The van der Waals surface area contributed by atoms with Crippen molar-refractivity contribution in [3.05, 3.63) is 48.0 Å². The van der Waals surface area contributed by atoms with E-state index in [1.165, 1.54) is 24.3 Å². The third-order valence-electron chi connectivity index (χ3n) is 2.19. The summed E-state index contributed by atoms with van der Waals surface area (Å²) in [5.74, 6) is -3.19. The fourth-order valence-corrected chi connectivity index (χ4v) is 1.25. The van der Waals surface area contributed by atoms with Crippen molar-refractivity contribution in [1.82, 2.24) is 0 Å². The van der Waals surface area contributed by atoms with E-state index in [4.69, 9.17) is 15.3 Å². The number of hydrogen-bond acceptors (Lipinski definition) is 3. The van der Waals surface area contributed by atoms with Crippen LogP contribution in [0.2, 0.25) is 0 Å². The molecule has 0 amide bonds. The van der Waals surface area contributed by atoms with Gasteiger partial charge in [0.2, 0.25) is 0 Å². The first-order valence-corrected chi connectivity index (χ1v) is 5.78. The Balaban J connectivity index is 0.000000396. The van der Waals surface area contributed by atoms with Crippen LogP contribution in [-0.4, -0.2) is 33.2 Å². The highest BCUT2D eigenvalue weighted by Gasteiger charge is 2.13. The summed E-state index contributed by atoms with van der Waals surface area (Å²) in [4.78, 5) is 30.8. The molecule has 6 heteroatoms. The quantitative estimate of drug-likeness (QED) is 0.545. The van der Waals surface area contributed by atoms with Crippen LogP contribution in [0.3, 0.4) is 0 Å². The highest BCUT2D eigenvalue weighted by molar-refractivity contribution is 6.01. The van der Waals surface area contributed by atoms with Gasteiger partial charge in [0, 0.05) is 6.42 Å². The molecule has 0 bridgehead atoms. The number of aliphatic carboxylic acids is 1. The normalized spacial score (nSPS) is 9.00. The highest BCUT2D eigenvalue weighted by atomic mass is 16.4. The number of rotatable bonds is 6. The van der Waals surface area contributed by atoms with Gasteiger partial charge in [-0.2, -0.15) is 0 Å². The predicted molar refractivity (Wildman–Crippen MR) is 72.0 cm³/mol. The molecule has 1 aromatic carbocycles. The molecule has 1 rings (SSSR count). The molecule has 6 nitrogen and oxygen atoms in total. The molecular weight excluding hydrogens is 264 g/mol. The van der Waals surface area contributed by atoms with Crippen molar-refractivity contribution in [3.8, 4) is 0 Å². The topological polar surface area (TPSA) is 112 Å². The Labute approximate surface area is 116 Å². The Kier molecular flexibility index (Phi) is 8.09. The Hall–Kier alpha value is -2.63. The monoisotopic (exact) mass is 280 g/mol. The molecule has 0 aliphatic heterocycles. The second-order valence-electron chi connectivity index (χ2n) is 3.73. The van der Waals surface area contributed by atoms with Crippen LogP contribution in [0.4, 0.5) is 0 Å². The molecule has 0 atom stereocenters. The number of unbranched alkanes of at least 4 members (excludes halogenated alkanes) is 1. The minimum atomic E-state index is -1.23. The van der Waals surface area contributed by atoms with Crippen LogP contribution < -0.4 is 0 Å². The van der Waals surface area contributed by atoms with Gasteiger partial charge in [-0.05, 0) is 25.0 Å². The van der Waals surface area contributed by atoms with Crippen LogP contribution >= 0.6 is 0 Å². The molecule has 0 heterocycles. The van der Waals surface area contributed by atoms with Gasteiger partial charge in [0.05, 0.1) is 11.1 Å². The number of hydrogen-bond donors (Lipinski definition) is 3. The van der Waals surface area contributed by atoms with Gasteiger partial charge in [0.1, 0.15) is 0 Å². The molecule has 0 fully saturated rings. The first-order chi connectivity index (χ1) is 9.40. The molecule has 0 saturated heterocycles. The van der Waals surface area contributed by atoms with Crippen LogP contribution in [0.5, 0.6) is 0 Å². The Bertz CT molecular complexity index is 459. The number of aromatic carboxylic acids is 2. The van der Waals surface area contributed by atoms with Gasteiger partial charge >= 0.3 is 17.9 Å². The predicted octanol–water partition coefficient (Wildman–Crippen LogP) is 2.51. The van der Waals surface area contributed by atoms with Crippen molar-refractivity contribution in [2.45, 2.75) is 19.3 Å². The summed E-state index contributed by atoms with van der Waals surface area (Å²) < 4.78 is 0. The lowest BCUT2D eigenvalue weighted by atomic mass is 10.1. The van der Waals surface area contributed by atoms with E-state index in [0.717, 1.165) is 6.42 Å². The van der Waals surface area contributed by atoms with Crippen LogP contribution in [0.25, 0.3) is 0 Å². The number of carboxylic acids is 3.